The van der Waals surface area contributed by atoms with Gasteiger partial charge in [0, 0.05) is 6.61 Å². The quantitative estimate of drug-likeness (QED) is 0.809. The Labute approximate surface area is 118 Å². The van der Waals surface area contributed by atoms with Crippen LogP contribution in [0.2, 0.25) is 0 Å². The van der Waals surface area contributed by atoms with Gasteiger partial charge in [-0.25, -0.2) is 13.1 Å². The molecule has 1 aromatic carbocycles. The van der Waals surface area contributed by atoms with Crippen molar-refractivity contribution in [2.45, 2.75) is 30.2 Å². The van der Waals surface area contributed by atoms with Gasteiger partial charge in [0.05, 0.1) is 29.5 Å². The molecule has 0 bridgehead atoms. The molecule has 3 N–H and O–H groups in total. The SMILES string of the molecule is CC1(NS(=O)(=O)c2ccc(C#N)cc2N)CCCOC1. The van der Waals surface area contributed by atoms with Gasteiger partial charge in [0.1, 0.15) is 4.90 Å². The van der Waals surface area contributed by atoms with Crippen molar-refractivity contribution in [3.8, 4) is 6.07 Å². The summed E-state index contributed by atoms with van der Waals surface area (Å²) in [4.78, 5) is -0.0108. The molecule has 108 valence electrons. The number of ether oxygens (including phenoxy) is 1. The van der Waals surface area contributed by atoms with Crippen molar-refractivity contribution >= 4 is 15.7 Å². The van der Waals surface area contributed by atoms with E-state index in [2.05, 4.69) is 4.72 Å². The van der Waals surface area contributed by atoms with E-state index in [0.29, 0.717) is 25.2 Å². The lowest BCUT2D eigenvalue weighted by Crippen LogP contribution is -2.51. The zero-order valence-electron chi connectivity index (χ0n) is 11.2. The number of nitrogen functional groups attached to an aromatic ring is 1. The number of hydrogen-bond acceptors (Lipinski definition) is 5. The van der Waals surface area contributed by atoms with E-state index >= 15 is 0 Å². The van der Waals surface area contributed by atoms with Crippen LogP contribution < -0.4 is 10.5 Å². The summed E-state index contributed by atoms with van der Waals surface area (Å²) in [6.07, 6.45) is 1.52. The van der Waals surface area contributed by atoms with Crippen molar-refractivity contribution in [1.82, 2.24) is 4.72 Å². The molecule has 1 aromatic rings. The molecular weight excluding hydrogens is 278 g/mol. The number of anilines is 1. The average Bonchev–Trinajstić information content (AvgIpc) is 2.37. The van der Waals surface area contributed by atoms with Crippen LogP contribution in [0.25, 0.3) is 0 Å². The summed E-state index contributed by atoms with van der Waals surface area (Å²) < 4.78 is 32.8. The zero-order valence-corrected chi connectivity index (χ0v) is 12.0. The van der Waals surface area contributed by atoms with E-state index in [9.17, 15) is 8.42 Å². The molecule has 0 aliphatic carbocycles. The predicted octanol–water partition coefficient (Wildman–Crippen LogP) is 0.988. The molecule has 1 atom stereocenters. The molecule has 0 aromatic heterocycles. The lowest BCUT2D eigenvalue weighted by molar-refractivity contribution is 0.0386. The maximum Gasteiger partial charge on any atom is 0.243 e. The Bertz CT molecular complexity index is 643. The summed E-state index contributed by atoms with van der Waals surface area (Å²) in [6, 6.07) is 6.06. The van der Waals surface area contributed by atoms with Crippen molar-refractivity contribution < 1.29 is 13.2 Å². The maximum atomic E-state index is 12.4. The molecule has 0 saturated carbocycles. The van der Waals surface area contributed by atoms with Crippen LogP contribution in [0.1, 0.15) is 25.3 Å². The summed E-state index contributed by atoms with van der Waals surface area (Å²) >= 11 is 0. The van der Waals surface area contributed by atoms with E-state index in [-0.39, 0.29) is 10.6 Å². The third kappa shape index (κ3) is 3.10. The molecule has 1 fully saturated rings. The van der Waals surface area contributed by atoms with Crippen LogP contribution in [0, 0.1) is 11.3 Å². The van der Waals surface area contributed by atoms with Crippen molar-refractivity contribution in [3.63, 3.8) is 0 Å². The average molecular weight is 295 g/mol. The minimum Gasteiger partial charge on any atom is -0.398 e. The highest BCUT2D eigenvalue weighted by Crippen LogP contribution is 2.24. The van der Waals surface area contributed by atoms with Crippen LogP contribution in [0.4, 0.5) is 5.69 Å². The molecule has 6 nitrogen and oxygen atoms in total. The molecule has 20 heavy (non-hydrogen) atoms. The fourth-order valence-electron chi connectivity index (χ4n) is 2.26. The monoisotopic (exact) mass is 295 g/mol. The Morgan fingerprint density at radius 3 is 2.80 bits per heavy atom. The van der Waals surface area contributed by atoms with Gasteiger partial charge in [-0.15, -0.1) is 0 Å². The lowest BCUT2D eigenvalue weighted by Gasteiger charge is -2.33. The maximum absolute atomic E-state index is 12.4. The Morgan fingerprint density at radius 2 is 2.25 bits per heavy atom. The first-order chi connectivity index (χ1) is 9.36. The van der Waals surface area contributed by atoms with Crippen LogP contribution in [-0.4, -0.2) is 27.2 Å². The standard InChI is InChI=1S/C13H17N3O3S/c1-13(5-2-6-19-9-13)16-20(17,18)12-4-3-10(8-14)7-11(12)15/h3-4,7,16H,2,5-6,9,15H2,1H3. The Hall–Kier alpha value is -1.62. The molecule has 0 amide bonds. The lowest BCUT2D eigenvalue weighted by atomic mass is 9.97. The second-order valence-electron chi connectivity index (χ2n) is 5.19. The van der Waals surface area contributed by atoms with Gasteiger partial charge in [-0.2, -0.15) is 5.26 Å². The Morgan fingerprint density at radius 1 is 1.50 bits per heavy atom. The summed E-state index contributed by atoms with van der Waals surface area (Å²) in [6.45, 7) is 2.79. The smallest absolute Gasteiger partial charge is 0.243 e. The first kappa shape index (κ1) is 14.8. The van der Waals surface area contributed by atoms with Crippen molar-refractivity contribution in [2.24, 2.45) is 0 Å². The molecule has 1 aliphatic heterocycles. The van der Waals surface area contributed by atoms with Gasteiger partial charge in [-0.3, -0.25) is 0 Å². The van der Waals surface area contributed by atoms with E-state index in [1.54, 1.807) is 0 Å². The van der Waals surface area contributed by atoms with Gasteiger partial charge >= 0.3 is 0 Å². The van der Waals surface area contributed by atoms with Crippen LogP contribution in [-0.2, 0) is 14.8 Å². The van der Waals surface area contributed by atoms with E-state index < -0.39 is 15.6 Å². The van der Waals surface area contributed by atoms with E-state index in [1.165, 1.54) is 18.2 Å². The van der Waals surface area contributed by atoms with Gasteiger partial charge in [0.15, 0.2) is 0 Å². The molecule has 1 aliphatic rings. The fourth-order valence-corrected chi connectivity index (χ4v) is 3.79. The second kappa shape index (κ2) is 5.40. The second-order valence-corrected chi connectivity index (χ2v) is 6.84. The molecule has 1 unspecified atom stereocenters. The van der Waals surface area contributed by atoms with Gasteiger partial charge < -0.3 is 10.5 Å². The normalized spacial score (nSPS) is 23.2. The molecule has 0 radical (unpaired) electrons. The summed E-state index contributed by atoms with van der Waals surface area (Å²) in [7, 11) is -3.74. The van der Waals surface area contributed by atoms with Crippen LogP contribution >= 0.6 is 0 Å². The first-order valence-corrected chi connectivity index (χ1v) is 7.76. The number of sulfonamides is 1. The number of nitrogens with one attached hydrogen (secondary N) is 1. The van der Waals surface area contributed by atoms with Gasteiger partial charge in [-0.05, 0) is 38.0 Å². The molecule has 1 heterocycles. The molecule has 7 heteroatoms. The number of benzene rings is 1. The number of rotatable bonds is 3. The predicted molar refractivity (Wildman–Crippen MR) is 74.3 cm³/mol. The van der Waals surface area contributed by atoms with E-state index in [0.717, 1.165) is 6.42 Å². The Kier molecular flexibility index (Phi) is 3.99. The summed E-state index contributed by atoms with van der Waals surface area (Å²) in [5.74, 6) is 0. The number of nitrogens with two attached hydrogens (primary N) is 1. The number of hydrogen-bond donors (Lipinski definition) is 2. The van der Waals surface area contributed by atoms with Crippen molar-refractivity contribution in [2.75, 3.05) is 18.9 Å². The Balaban J connectivity index is 2.29. The topological polar surface area (TPSA) is 105 Å². The highest BCUT2D eigenvalue weighted by molar-refractivity contribution is 7.89. The van der Waals surface area contributed by atoms with Crippen LogP contribution in [0.3, 0.4) is 0 Å². The number of nitrogens with zero attached hydrogens (tertiary/aromatic N) is 1. The summed E-state index contributed by atoms with van der Waals surface area (Å²) in [5.41, 5.74) is 5.50. The van der Waals surface area contributed by atoms with E-state index in [4.69, 9.17) is 15.7 Å². The van der Waals surface area contributed by atoms with Crippen molar-refractivity contribution in [1.29, 1.82) is 5.26 Å². The zero-order chi connectivity index (χ0) is 14.8. The van der Waals surface area contributed by atoms with Crippen molar-refractivity contribution in [3.05, 3.63) is 23.8 Å². The fraction of sp³-hybridized carbons (Fsp3) is 0.462. The van der Waals surface area contributed by atoms with E-state index in [1.807, 2.05) is 13.0 Å². The summed E-state index contributed by atoms with van der Waals surface area (Å²) in [5, 5.41) is 8.77. The molecule has 1 saturated heterocycles. The van der Waals surface area contributed by atoms with Gasteiger partial charge in [0.2, 0.25) is 10.0 Å². The van der Waals surface area contributed by atoms with Crippen LogP contribution in [0.5, 0.6) is 0 Å². The molecule has 0 spiro atoms. The highest BCUT2D eigenvalue weighted by Gasteiger charge is 2.33. The number of nitriles is 1. The van der Waals surface area contributed by atoms with Gasteiger partial charge in [0.25, 0.3) is 0 Å². The molecule has 2 rings (SSSR count). The van der Waals surface area contributed by atoms with Gasteiger partial charge in [-0.1, -0.05) is 0 Å². The third-order valence-corrected chi connectivity index (χ3v) is 4.96. The molecular formula is C13H17N3O3S. The minimum absolute atomic E-state index is 0.0108. The highest BCUT2D eigenvalue weighted by atomic mass is 32.2. The first-order valence-electron chi connectivity index (χ1n) is 6.28. The minimum atomic E-state index is -3.74. The largest absolute Gasteiger partial charge is 0.398 e. The van der Waals surface area contributed by atoms with Crippen LogP contribution in [0.15, 0.2) is 23.1 Å². The third-order valence-electron chi connectivity index (χ3n) is 3.25.